The largest absolute Gasteiger partial charge is 0.497 e. The molecule has 21 heavy (non-hydrogen) atoms. The van der Waals surface area contributed by atoms with E-state index in [1.807, 2.05) is 17.6 Å². The summed E-state index contributed by atoms with van der Waals surface area (Å²) in [5, 5.41) is 3.11. The highest BCUT2D eigenvalue weighted by atomic mass is 16.5. The summed E-state index contributed by atoms with van der Waals surface area (Å²) in [4.78, 5) is 24.6. The molecule has 0 spiro atoms. The zero-order valence-corrected chi connectivity index (χ0v) is 12.2. The van der Waals surface area contributed by atoms with Crippen LogP contribution in [0.3, 0.4) is 0 Å². The van der Waals surface area contributed by atoms with Crippen LogP contribution in [0.25, 0.3) is 10.9 Å². The smallest absolute Gasteiger partial charge is 0.257 e. The first-order valence-corrected chi connectivity index (χ1v) is 6.72. The average molecular weight is 286 g/mol. The van der Waals surface area contributed by atoms with Gasteiger partial charge < -0.3 is 14.6 Å². The van der Waals surface area contributed by atoms with Crippen molar-refractivity contribution in [1.29, 1.82) is 0 Å². The van der Waals surface area contributed by atoms with Gasteiger partial charge in [-0.15, -0.1) is 6.58 Å². The van der Waals surface area contributed by atoms with Crippen molar-refractivity contribution < 1.29 is 9.53 Å². The summed E-state index contributed by atoms with van der Waals surface area (Å²) in [5.41, 5.74) is 0.609. The molecule has 0 saturated heterocycles. The van der Waals surface area contributed by atoms with Gasteiger partial charge in [-0.2, -0.15) is 0 Å². The van der Waals surface area contributed by atoms with Crippen molar-refractivity contribution in [3.05, 3.63) is 52.8 Å². The summed E-state index contributed by atoms with van der Waals surface area (Å²) < 4.78 is 7.03. The number of nitrogens with one attached hydrogen (secondary N) is 1. The fourth-order valence-corrected chi connectivity index (χ4v) is 2.19. The highest BCUT2D eigenvalue weighted by Crippen LogP contribution is 2.19. The maximum absolute atomic E-state index is 12.5. The van der Waals surface area contributed by atoms with Gasteiger partial charge >= 0.3 is 0 Å². The summed E-state index contributed by atoms with van der Waals surface area (Å²) >= 11 is 0. The Morgan fingerprint density at radius 3 is 2.86 bits per heavy atom. The number of hydrogen-bond acceptors (Lipinski definition) is 3. The summed E-state index contributed by atoms with van der Waals surface area (Å²) in [6, 6.07) is 5.28. The van der Waals surface area contributed by atoms with Gasteiger partial charge in [-0.05, 0) is 25.1 Å². The molecular weight excluding hydrogens is 268 g/mol. The van der Waals surface area contributed by atoms with Crippen LogP contribution in [0.1, 0.15) is 17.3 Å². The van der Waals surface area contributed by atoms with Gasteiger partial charge in [0, 0.05) is 19.3 Å². The number of amides is 1. The molecule has 0 fully saturated rings. The fraction of sp³-hybridized carbons (Fsp3) is 0.250. The molecule has 0 aliphatic rings. The van der Waals surface area contributed by atoms with Crippen LogP contribution in [0.5, 0.6) is 5.75 Å². The normalized spacial score (nSPS) is 10.4. The Hall–Kier alpha value is -2.56. The van der Waals surface area contributed by atoms with E-state index in [9.17, 15) is 9.59 Å². The third-order valence-electron chi connectivity index (χ3n) is 3.28. The van der Waals surface area contributed by atoms with Gasteiger partial charge in [-0.1, -0.05) is 6.08 Å². The molecule has 1 aromatic carbocycles. The van der Waals surface area contributed by atoms with E-state index in [0.717, 1.165) is 5.52 Å². The predicted octanol–water partition coefficient (Wildman–Crippen LogP) is 1.95. The molecule has 0 radical (unpaired) electrons. The minimum atomic E-state index is -0.396. The molecule has 5 nitrogen and oxygen atoms in total. The van der Waals surface area contributed by atoms with E-state index in [1.165, 1.54) is 0 Å². The maximum Gasteiger partial charge on any atom is 0.257 e. The van der Waals surface area contributed by atoms with E-state index in [4.69, 9.17) is 4.74 Å². The lowest BCUT2D eigenvalue weighted by Crippen LogP contribution is -2.29. The number of aromatic nitrogens is 1. The van der Waals surface area contributed by atoms with Gasteiger partial charge in [0.25, 0.3) is 5.91 Å². The first kappa shape index (κ1) is 14.8. The fourth-order valence-electron chi connectivity index (χ4n) is 2.19. The van der Waals surface area contributed by atoms with Gasteiger partial charge in [0.15, 0.2) is 0 Å². The van der Waals surface area contributed by atoms with Crippen LogP contribution < -0.4 is 15.5 Å². The lowest BCUT2D eigenvalue weighted by atomic mass is 10.1. The van der Waals surface area contributed by atoms with Crippen molar-refractivity contribution in [2.75, 3.05) is 13.7 Å². The molecule has 5 heteroatoms. The van der Waals surface area contributed by atoms with E-state index in [1.54, 1.807) is 31.5 Å². The molecule has 1 N–H and O–H groups in total. The molecule has 1 aromatic heterocycles. The van der Waals surface area contributed by atoms with E-state index in [0.29, 0.717) is 24.2 Å². The van der Waals surface area contributed by atoms with Crippen molar-refractivity contribution in [2.45, 2.75) is 13.5 Å². The van der Waals surface area contributed by atoms with Crippen LogP contribution in [0.4, 0.5) is 0 Å². The van der Waals surface area contributed by atoms with Crippen molar-refractivity contribution in [2.24, 2.45) is 0 Å². The van der Waals surface area contributed by atoms with E-state index < -0.39 is 5.91 Å². The lowest BCUT2D eigenvalue weighted by molar-refractivity contribution is 0.0956. The molecule has 1 amide bonds. The summed E-state index contributed by atoms with van der Waals surface area (Å²) in [6.07, 6.45) is 3.16. The Balaban J connectivity index is 2.67. The number of rotatable bonds is 5. The topological polar surface area (TPSA) is 60.3 Å². The van der Waals surface area contributed by atoms with E-state index in [2.05, 4.69) is 11.9 Å². The Bertz CT molecular complexity index is 747. The minimum absolute atomic E-state index is 0.124. The number of aryl methyl sites for hydroxylation is 1. The number of pyridine rings is 1. The second-order valence-corrected chi connectivity index (χ2v) is 4.54. The van der Waals surface area contributed by atoms with Crippen molar-refractivity contribution >= 4 is 16.8 Å². The number of ether oxygens (including phenoxy) is 1. The van der Waals surface area contributed by atoms with Gasteiger partial charge in [0.2, 0.25) is 5.43 Å². The van der Waals surface area contributed by atoms with Gasteiger partial charge in [0.1, 0.15) is 11.3 Å². The highest BCUT2D eigenvalue weighted by molar-refractivity contribution is 5.97. The first-order valence-electron chi connectivity index (χ1n) is 6.72. The Kier molecular flexibility index (Phi) is 4.42. The molecule has 0 saturated carbocycles. The summed E-state index contributed by atoms with van der Waals surface area (Å²) in [5.74, 6) is 0.192. The predicted molar refractivity (Wildman–Crippen MR) is 83.0 cm³/mol. The first-order chi connectivity index (χ1) is 10.1. The molecule has 110 valence electrons. The van der Waals surface area contributed by atoms with Crippen LogP contribution in [-0.2, 0) is 6.54 Å². The Labute approximate surface area is 122 Å². The quantitative estimate of drug-likeness (QED) is 0.855. The van der Waals surface area contributed by atoms with Gasteiger partial charge in [-0.3, -0.25) is 9.59 Å². The molecule has 2 rings (SSSR count). The summed E-state index contributed by atoms with van der Waals surface area (Å²) in [7, 11) is 1.54. The van der Waals surface area contributed by atoms with Crippen molar-refractivity contribution in [3.63, 3.8) is 0 Å². The van der Waals surface area contributed by atoms with Crippen molar-refractivity contribution in [1.82, 2.24) is 9.88 Å². The monoisotopic (exact) mass is 286 g/mol. The number of nitrogens with zero attached hydrogens (tertiary/aromatic N) is 1. The third-order valence-corrected chi connectivity index (χ3v) is 3.28. The molecular formula is C16H18N2O3. The number of carbonyl (C=O) groups is 1. The minimum Gasteiger partial charge on any atom is -0.497 e. The van der Waals surface area contributed by atoms with Crippen molar-refractivity contribution in [3.8, 4) is 5.75 Å². The van der Waals surface area contributed by atoms with Crippen LogP contribution >= 0.6 is 0 Å². The molecule has 1 heterocycles. The number of fused-ring (bicyclic) bond motifs is 1. The van der Waals surface area contributed by atoms with Crippen LogP contribution in [0, 0.1) is 0 Å². The number of benzene rings is 1. The zero-order valence-electron chi connectivity index (χ0n) is 12.2. The van der Waals surface area contributed by atoms with Crippen LogP contribution in [0.2, 0.25) is 0 Å². The van der Waals surface area contributed by atoms with Gasteiger partial charge in [-0.25, -0.2) is 0 Å². The van der Waals surface area contributed by atoms with Crippen LogP contribution in [0.15, 0.2) is 41.8 Å². The standard InChI is InChI=1S/C16H18N2O3/c1-4-8-17-16(20)13-10-18(5-2)14-7-6-11(21-3)9-12(14)15(13)19/h4,6-7,9-10H,1,5,8H2,2-3H3,(H,17,20). The SMILES string of the molecule is C=CCNC(=O)c1cn(CC)c2ccc(OC)cc2c1=O. The Morgan fingerprint density at radius 2 is 2.24 bits per heavy atom. The third kappa shape index (κ3) is 2.81. The molecule has 0 atom stereocenters. The van der Waals surface area contributed by atoms with E-state index in [-0.39, 0.29) is 11.0 Å². The molecule has 0 aliphatic heterocycles. The highest BCUT2D eigenvalue weighted by Gasteiger charge is 2.15. The Morgan fingerprint density at radius 1 is 1.48 bits per heavy atom. The van der Waals surface area contributed by atoms with E-state index >= 15 is 0 Å². The number of carbonyl (C=O) groups excluding carboxylic acids is 1. The second-order valence-electron chi connectivity index (χ2n) is 4.54. The number of methoxy groups -OCH3 is 1. The number of hydrogen-bond donors (Lipinski definition) is 1. The van der Waals surface area contributed by atoms with Gasteiger partial charge in [0.05, 0.1) is 18.0 Å². The maximum atomic E-state index is 12.5. The molecule has 2 aromatic rings. The lowest BCUT2D eigenvalue weighted by Gasteiger charge is -2.12. The molecule has 0 unspecified atom stereocenters. The molecule has 0 bridgehead atoms. The summed E-state index contributed by atoms with van der Waals surface area (Å²) in [6.45, 7) is 6.48. The molecule has 0 aliphatic carbocycles. The average Bonchev–Trinajstić information content (AvgIpc) is 2.52. The van der Waals surface area contributed by atoms with Crippen LogP contribution in [-0.4, -0.2) is 24.1 Å². The second kappa shape index (κ2) is 6.26. The zero-order chi connectivity index (χ0) is 15.4.